The van der Waals surface area contributed by atoms with E-state index >= 15 is 0 Å². The Morgan fingerprint density at radius 2 is 1.77 bits per heavy atom. The van der Waals surface area contributed by atoms with Crippen LogP contribution in [-0.2, 0) is 19.4 Å². The summed E-state index contributed by atoms with van der Waals surface area (Å²) in [5, 5.41) is 2.89. The van der Waals surface area contributed by atoms with Gasteiger partial charge in [-0.2, -0.15) is 0 Å². The van der Waals surface area contributed by atoms with Gasteiger partial charge in [-0.15, -0.1) is 0 Å². The SMILES string of the molecule is Cc1ccc(C)c(S(=O)(=O)C2(C(=O)NCCCOC(C)c3ccccc3)CCCC2)c1. The molecule has 5 nitrogen and oxygen atoms in total. The van der Waals surface area contributed by atoms with E-state index in [0.29, 0.717) is 38.0 Å². The number of carbonyl (C=O) groups is 1. The van der Waals surface area contributed by atoms with Crippen LogP contribution >= 0.6 is 0 Å². The molecule has 2 aromatic rings. The molecule has 1 fully saturated rings. The van der Waals surface area contributed by atoms with Crippen LogP contribution in [-0.4, -0.2) is 32.2 Å². The number of rotatable bonds is 9. The molecule has 0 heterocycles. The van der Waals surface area contributed by atoms with E-state index < -0.39 is 14.6 Å². The van der Waals surface area contributed by atoms with Crippen LogP contribution in [0.3, 0.4) is 0 Å². The highest BCUT2D eigenvalue weighted by molar-refractivity contribution is 7.93. The van der Waals surface area contributed by atoms with Crippen molar-refractivity contribution < 1.29 is 17.9 Å². The molecule has 3 rings (SSSR count). The molecule has 0 aromatic heterocycles. The van der Waals surface area contributed by atoms with E-state index in [9.17, 15) is 13.2 Å². The van der Waals surface area contributed by atoms with Crippen molar-refractivity contribution in [2.45, 2.75) is 68.6 Å². The molecule has 1 aliphatic carbocycles. The van der Waals surface area contributed by atoms with Gasteiger partial charge < -0.3 is 10.1 Å². The summed E-state index contributed by atoms with van der Waals surface area (Å²) < 4.78 is 31.7. The zero-order valence-corrected chi connectivity index (χ0v) is 19.5. The molecule has 6 heteroatoms. The third kappa shape index (κ3) is 5.01. The summed E-state index contributed by atoms with van der Waals surface area (Å²) in [6.07, 6.45) is 2.84. The van der Waals surface area contributed by atoms with Crippen molar-refractivity contribution in [3.8, 4) is 0 Å². The van der Waals surface area contributed by atoms with Gasteiger partial charge in [-0.3, -0.25) is 4.79 Å². The van der Waals surface area contributed by atoms with Gasteiger partial charge in [0.2, 0.25) is 5.91 Å². The number of nitrogens with one attached hydrogen (secondary N) is 1. The highest BCUT2D eigenvalue weighted by atomic mass is 32.2. The van der Waals surface area contributed by atoms with Crippen LogP contribution in [0.5, 0.6) is 0 Å². The maximum atomic E-state index is 13.6. The van der Waals surface area contributed by atoms with Crippen LogP contribution in [0, 0.1) is 13.8 Å². The average Bonchev–Trinajstić information content (AvgIpc) is 3.27. The van der Waals surface area contributed by atoms with E-state index in [1.54, 1.807) is 13.0 Å². The highest BCUT2D eigenvalue weighted by Gasteiger charge is 2.53. The van der Waals surface area contributed by atoms with Crippen molar-refractivity contribution in [1.82, 2.24) is 5.32 Å². The summed E-state index contributed by atoms with van der Waals surface area (Å²) in [5.74, 6) is -0.373. The summed E-state index contributed by atoms with van der Waals surface area (Å²) in [5.41, 5.74) is 2.67. The molecule has 1 amide bonds. The fourth-order valence-corrected chi connectivity index (χ4v) is 6.68. The van der Waals surface area contributed by atoms with Crippen LogP contribution in [0.25, 0.3) is 0 Å². The molecule has 31 heavy (non-hydrogen) atoms. The number of hydrogen-bond donors (Lipinski definition) is 1. The second-order valence-electron chi connectivity index (χ2n) is 8.51. The van der Waals surface area contributed by atoms with Gasteiger partial charge in [0.25, 0.3) is 0 Å². The van der Waals surface area contributed by atoms with Crippen LogP contribution < -0.4 is 5.32 Å². The fraction of sp³-hybridized carbons (Fsp3) is 0.480. The van der Waals surface area contributed by atoms with Crippen LogP contribution in [0.15, 0.2) is 53.4 Å². The number of sulfone groups is 1. The van der Waals surface area contributed by atoms with E-state index in [-0.39, 0.29) is 16.9 Å². The predicted molar refractivity (Wildman–Crippen MR) is 123 cm³/mol. The highest BCUT2D eigenvalue weighted by Crippen LogP contribution is 2.41. The van der Waals surface area contributed by atoms with E-state index in [2.05, 4.69) is 5.32 Å². The van der Waals surface area contributed by atoms with Gasteiger partial charge in [0.15, 0.2) is 14.6 Å². The van der Waals surface area contributed by atoms with Crippen LogP contribution in [0.1, 0.15) is 61.8 Å². The van der Waals surface area contributed by atoms with Crippen molar-refractivity contribution >= 4 is 15.7 Å². The van der Waals surface area contributed by atoms with Crippen molar-refractivity contribution in [2.24, 2.45) is 0 Å². The normalized spacial score (nSPS) is 16.7. The van der Waals surface area contributed by atoms with Gasteiger partial charge >= 0.3 is 0 Å². The topological polar surface area (TPSA) is 72.5 Å². The summed E-state index contributed by atoms with van der Waals surface area (Å²) >= 11 is 0. The van der Waals surface area contributed by atoms with Gasteiger partial charge in [0.05, 0.1) is 11.0 Å². The molecule has 1 unspecified atom stereocenters. The lowest BCUT2D eigenvalue weighted by molar-refractivity contribution is -0.123. The standard InChI is InChI=1S/C25H33NO4S/c1-19-12-13-20(2)23(18-19)31(28,29)25(14-7-8-15-25)24(27)26-16-9-17-30-21(3)22-10-5-4-6-11-22/h4-6,10-13,18,21H,7-9,14-17H2,1-3H3,(H,26,27). The third-order valence-corrected chi connectivity index (χ3v) is 8.86. The Hall–Kier alpha value is -2.18. The number of ether oxygens (including phenoxy) is 1. The van der Waals surface area contributed by atoms with E-state index in [4.69, 9.17) is 4.74 Å². The van der Waals surface area contributed by atoms with Crippen molar-refractivity contribution in [2.75, 3.05) is 13.2 Å². The van der Waals surface area contributed by atoms with Gasteiger partial charge in [-0.05, 0) is 62.8 Å². The van der Waals surface area contributed by atoms with Gasteiger partial charge in [0, 0.05) is 13.2 Å². The molecule has 2 aromatic carbocycles. The summed E-state index contributed by atoms with van der Waals surface area (Å²) in [6, 6.07) is 15.4. The molecule has 0 bridgehead atoms. The Labute approximate surface area is 186 Å². The lowest BCUT2D eigenvalue weighted by atomic mass is 10.1. The molecule has 1 aliphatic rings. The Morgan fingerprint density at radius 1 is 1.10 bits per heavy atom. The second-order valence-corrected chi connectivity index (χ2v) is 10.7. The smallest absolute Gasteiger partial charge is 0.241 e. The molecule has 0 aliphatic heterocycles. The number of aryl methyl sites for hydroxylation is 2. The zero-order chi connectivity index (χ0) is 22.5. The predicted octanol–water partition coefficient (Wildman–Crippen LogP) is 4.67. The first kappa shape index (κ1) is 23.5. The van der Waals surface area contributed by atoms with E-state index in [0.717, 1.165) is 24.0 Å². The largest absolute Gasteiger partial charge is 0.374 e. The maximum absolute atomic E-state index is 13.6. The molecule has 0 spiro atoms. The Bertz CT molecular complexity index is 995. The molecule has 1 N–H and O–H groups in total. The Balaban J connectivity index is 1.62. The van der Waals surface area contributed by atoms with Gasteiger partial charge in [-0.25, -0.2) is 8.42 Å². The van der Waals surface area contributed by atoms with Crippen LogP contribution in [0.4, 0.5) is 0 Å². The first-order chi connectivity index (χ1) is 14.8. The van der Waals surface area contributed by atoms with Gasteiger partial charge in [0.1, 0.15) is 0 Å². The Morgan fingerprint density at radius 3 is 2.45 bits per heavy atom. The minimum Gasteiger partial charge on any atom is -0.374 e. The Kier molecular flexibility index (Phi) is 7.55. The van der Waals surface area contributed by atoms with Gasteiger partial charge in [-0.1, -0.05) is 55.3 Å². The molecular formula is C25H33NO4S. The van der Waals surface area contributed by atoms with E-state index in [1.807, 2.05) is 56.3 Å². The summed E-state index contributed by atoms with van der Waals surface area (Å²) in [6.45, 7) is 6.55. The zero-order valence-electron chi connectivity index (χ0n) is 18.7. The molecule has 0 radical (unpaired) electrons. The lowest BCUT2D eigenvalue weighted by Crippen LogP contribution is -2.51. The molecule has 168 valence electrons. The molecule has 1 saturated carbocycles. The second kappa shape index (κ2) is 9.96. The quantitative estimate of drug-likeness (QED) is 0.572. The minimum absolute atomic E-state index is 0.0252. The average molecular weight is 444 g/mol. The molecular weight excluding hydrogens is 410 g/mol. The lowest BCUT2D eigenvalue weighted by Gasteiger charge is -2.28. The summed E-state index contributed by atoms with van der Waals surface area (Å²) in [7, 11) is -3.79. The van der Waals surface area contributed by atoms with Crippen LogP contribution in [0.2, 0.25) is 0 Å². The fourth-order valence-electron chi connectivity index (χ4n) is 4.29. The number of amides is 1. The number of benzene rings is 2. The number of hydrogen-bond acceptors (Lipinski definition) is 4. The first-order valence-electron chi connectivity index (χ1n) is 11.0. The third-order valence-electron chi connectivity index (χ3n) is 6.22. The van der Waals surface area contributed by atoms with E-state index in [1.165, 1.54) is 0 Å². The summed E-state index contributed by atoms with van der Waals surface area (Å²) in [4.78, 5) is 13.5. The van der Waals surface area contributed by atoms with Crippen molar-refractivity contribution in [3.63, 3.8) is 0 Å². The van der Waals surface area contributed by atoms with Crippen molar-refractivity contribution in [1.29, 1.82) is 0 Å². The molecule has 1 atom stereocenters. The monoisotopic (exact) mass is 443 g/mol. The first-order valence-corrected chi connectivity index (χ1v) is 12.5. The molecule has 0 saturated heterocycles. The van der Waals surface area contributed by atoms with Crippen molar-refractivity contribution in [3.05, 3.63) is 65.2 Å². The minimum atomic E-state index is -3.79. The number of carbonyl (C=O) groups excluding carboxylic acids is 1. The maximum Gasteiger partial charge on any atom is 0.241 e.